The van der Waals surface area contributed by atoms with E-state index in [4.69, 9.17) is 10.2 Å². The van der Waals surface area contributed by atoms with Crippen LogP contribution in [0.3, 0.4) is 0 Å². The van der Waals surface area contributed by atoms with Gasteiger partial charge in [-0.2, -0.15) is 0 Å². The highest BCUT2D eigenvalue weighted by molar-refractivity contribution is 9.10. The lowest BCUT2D eigenvalue weighted by molar-refractivity contribution is 0.0697. The number of rotatable bonds is 6. The van der Waals surface area contributed by atoms with Crippen LogP contribution in [0.25, 0.3) is 0 Å². The lowest BCUT2D eigenvalue weighted by Gasteiger charge is -2.25. The second-order valence-electron chi connectivity index (χ2n) is 4.99. The summed E-state index contributed by atoms with van der Waals surface area (Å²) in [5, 5.41) is 21.1. The Balaban J connectivity index is 2.71. The van der Waals surface area contributed by atoms with E-state index in [1.165, 1.54) is 0 Å². The molecular formula is C13H18BrNO3. The van der Waals surface area contributed by atoms with Crippen molar-refractivity contribution in [2.24, 2.45) is 5.41 Å². The summed E-state index contributed by atoms with van der Waals surface area (Å²) in [4.78, 5) is 10.8. The minimum Gasteiger partial charge on any atom is -0.478 e. The van der Waals surface area contributed by atoms with Crippen molar-refractivity contribution in [1.82, 2.24) is 0 Å². The number of anilines is 1. The van der Waals surface area contributed by atoms with E-state index in [1.54, 1.807) is 18.2 Å². The van der Waals surface area contributed by atoms with Crippen LogP contribution in [0, 0.1) is 5.41 Å². The zero-order chi connectivity index (χ0) is 13.8. The standard InChI is InChI=1S/C13H18BrNO3/c1-13(2,5-6-16)8-15-11-4-3-9(12(17)18)7-10(11)14/h3-4,7,15-16H,5-6,8H2,1-2H3,(H,17,18). The fourth-order valence-corrected chi connectivity index (χ4v) is 2.04. The molecule has 1 rings (SSSR count). The lowest BCUT2D eigenvalue weighted by Crippen LogP contribution is -2.24. The number of carboxylic acids is 1. The molecule has 0 saturated carbocycles. The highest BCUT2D eigenvalue weighted by Crippen LogP contribution is 2.26. The Morgan fingerprint density at radius 2 is 2.11 bits per heavy atom. The summed E-state index contributed by atoms with van der Waals surface area (Å²) in [5.41, 5.74) is 1.09. The average molecular weight is 316 g/mol. The van der Waals surface area contributed by atoms with Gasteiger partial charge in [0.25, 0.3) is 0 Å². The first-order valence-electron chi connectivity index (χ1n) is 5.73. The number of carboxylic acid groups (broad SMARTS) is 1. The SMILES string of the molecule is CC(C)(CCO)CNc1ccc(C(=O)O)cc1Br. The van der Waals surface area contributed by atoms with Gasteiger partial charge in [-0.05, 0) is 46.0 Å². The molecule has 0 radical (unpaired) electrons. The predicted octanol–water partition coefficient (Wildman–Crippen LogP) is 2.97. The van der Waals surface area contributed by atoms with E-state index < -0.39 is 5.97 Å². The third-order valence-corrected chi connectivity index (χ3v) is 3.42. The monoisotopic (exact) mass is 315 g/mol. The maximum atomic E-state index is 10.8. The summed E-state index contributed by atoms with van der Waals surface area (Å²) in [6, 6.07) is 4.88. The highest BCUT2D eigenvalue weighted by atomic mass is 79.9. The molecule has 0 heterocycles. The Morgan fingerprint density at radius 3 is 2.61 bits per heavy atom. The number of carbonyl (C=O) groups is 1. The van der Waals surface area contributed by atoms with E-state index in [0.29, 0.717) is 13.0 Å². The molecule has 5 heteroatoms. The van der Waals surface area contributed by atoms with Gasteiger partial charge in [0.05, 0.1) is 5.56 Å². The van der Waals surface area contributed by atoms with Crippen molar-refractivity contribution < 1.29 is 15.0 Å². The Kier molecular flexibility index (Phi) is 5.16. The van der Waals surface area contributed by atoms with Gasteiger partial charge in [-0.1, -0.05) is 13.8 Å². The van der Waals surface area contributed by atoms with Gasteiger partial charge in [-0.15, -0.1) is 0 Å². The minimum absolute atomic E-state index is 0.0142. The largest absolute Gasteiger partial charge is 0.478 e. The Labute approximate surface area is 115 Å². The van der Waals surface area contributed by atoms with Crippen molar-refractivity contribution in [3.05, 3.63) is 28.2 Å². The Bertz CT molecular complexity index is 432. The second-order valence-corrected chi connectivity index (χ2v) is 5.85. The second kappa shape index (κ2) is 6.20. The summed E-state index contributed by atoms with van der Waals surface area (Å²) in [7, 11) is 0. The molecule has 0 aromatic heterocycles. The van der Waals surface area contributed by atoms with Crippen molar-refractivity contribution in [1.29, 1.82) is 0 Å². The molecule has 0 spiro atoms. The van der Waals surface area contributed by atoms with Gasteiger partial charge in [0, 0.05) is 23.3 Å². The van der Waals surface area contributed by atoms with E-state index in [0.717, 1.165) is 10.2 Å². The molecule has 0 aliphatic carbocycles. The zero-order valence-corrected chi connectivity index (χ0v) is 12.1. The van der Waals surface area contributed by atoms with Crippen molar-refractivity contribution in [2.75, 3.05) is 18.5 Å². The molecule has 100 valence electrons. The number of benzene rings is 1. The van der Waals surface area contributed by atoms with Crippen molar-refractivity contribution in [3.8, 4) is 0 Å². The number of hydrogen-bond acceptors (Lipinski definition) is 3. The van der Waals surface area contributed by atoms with Gasteiger partial charge < -0.3 is 15.5 Å². The van der Waals surface area contributed by atoms with Crippen LogP contribution in [-0.4, -0.2) is 29.3 Å². The van der Waals surface area contributed by atoms with E-state index >= 15 is 0 Å². The summed E-state index contributed by atoms with van der Waals surface area (Å²) >= 11 is 3.35. The molecule has 18 heavy (non-hydrogen) atoms. The molecule has 1 aromatic carbocycles. The topological polar surface area (TPSA) is 69.6 Å². The third kappa shape index (κ3) is 4.31. The van der Waals surface area contributed by atoms with Gasteiger partial charge in [-0.25, -0.2) is 4.79 Å². The number of hydrogen-bond donors (Lipinski definition) is 3. The molecule has 0 bridgehead atoms. The van der Waals surface area contributed by atoms with Gasteiger partial charge in [0.1, 0.15) is 0 Å². The maximum Gasteiger partial charge on any atom is 0.335 e. The Morgan fingerprint density at radius 1 is 1.44 bits per heavy atom. The molecule has 0 aliphatic heterocycles. The smallest absolute Gasteiger partial charge is 0.335 e. The fraction of sp³-hybridized carbons (Fsp3) is 0.462. The molecule has 1 aromatic rings. The molecule has 4 nitrogen and oxygen atoms in total. The molecule has 0 amide bonds. The summed E-state index contributed by atoms with van der Waals surface area (Å²) in [5.74, 6) is -0.942. The molecule has 0 saturated heterocycles. The number of aliphatic hydroxyl groups is 1. The first-order valence-corrected chi connectivity index (χ1v) is 6.52. The maximum absolute atomic E-state index is 10.8. The first-order chi connectivity index (χ1) is 8.35. The number of nitrogens with one attached hydrogen (secondary N) is 1. The van der Waals surface area contributed by atoms with Crippen LogP contribution in [0.4, 0.5) is 5.69 Å². The number of aliphatic hydroxyl groups excluding tert-OH is 1. The molecule has 0 unspecified atom stereocenters. The first kappa shape index (κ1) is 15.0. The van der Waals surface area contributed by atoms with Gasteiger partial charge >= 0.3 is 5.97 Å². The van der Waals surface area contributed by atoms with E-state index in [9.17, 15) is 4.79 Å². The molecule has 0 fully saturated rings. The number of halogens is 1. The highest BCUT2D eigenvalue weighted by Gasteiger charge is 2.17. The van der Waals surface area contributed by atoms with Gasteiger partial charge in [0.2, 0.25) is 0 Å². The van der Waals surface area contributed by atoms with Crippen molar-refractivity contribution in [3.63, 3.8) is 0 Å². The van der Waals surface area contributed by atoms with Crippen LogP contribution in [0.2, 0.25) is 0 Å². The fourth-order valence-electron chi connectivity index (χ4n) is 1.52. The van der Waals surface area contributed by atoms with E-state index in [-0.39, 0.29) is 17.6 Å². The zero-order valence-electron chi connectivity index (χ0n) is 10.5. The van der Waals surface area contributed by atoms with E-state index in [1.807, 2.05) is 0 Å². The van der Waals surface area contributed by atoms with Gasteiger partial charge in [-0.3, -0.25) is 0 Å². The van der Waals surface area contributed by atoms with Crippen LogP contribution < -0.4 is 5.32 Å². The third-order valence-electron chi connectivity index (χ3n) is 2.76. The van der Waals surface area contributed by atoms with Crippen LogP contribution in [0.5, 0.6) is 0 Å². The lowest BCUT2D eigenvalue weighted by atomic mass is 9.89. The van der Waals surface area contributed by atoms with E-state index in [2.05, 4.69) is 35.1 Å². The minimum atomic E-state index is -0.942. The van der Waals surface area contributed by atoms with Crippen molar-refractivity contribution in [2.45, 2.75) is 20.3 Å². The summed E-state index contributed by atoms with van der Waals surface area (Å²) in [6.07, 6.45) is 0.713. The van der Waals surface area contributed by atoms with Crippen molar-refractivity contribution >= 4 is 27.6 Å². The normalized spacial score (nSPS) is 11.3. The van der Waals surface area contributed by atoms with Crippen LogP contribution >= 0.6 is 15.9 Å². The predicted molar refractivity (Wildman–Crippen MR) is 75.1 cm³/mol. The van der Waals surface area contributed by atoms with Crippen LogP contribution in [0.1, 0.15) is 30.6 Å². The van der Waals surface area contributed by atoms with Crippen LogP contribution in [0.15, 0.2) is 22.7 Å². The molecule has 3 N–H and O–H groups in total. The average Bonchev–Trinajstić information content (AvgIpc) is 2.27. The molecule has 0 aliphatic rings. The molecule has 0 atom stereocenters. The summed E-state index contributed by atoms with van der Waals surface area (Å²) < 4.78 is 0.724. The summed E-state index contributed by atoms with van der Waals surface area (Å²) in [6.45, 7) is 5.00. The van der Waals surface area contributed by atoms with Gasteiger partial charge in [0.15, 0.2) is 0 Å². The number of aromatic carboxylic acids is 1. The molecular weight excluding hydrogens is 298 g/mol. The quantitative estimate of drug-likeness (QED) is 0.755. The van der Waals surface area contributed by atoms with Crippen LogP contribution in [-0.2, 0) is 0 Å². The Hall–Kier alpha value is -1.07.